The highest BCUT2D eigenvalue weighted by molar-refractivity contribution is 6.02. The molecular formula is C15H18O2. The van der Waals surface area contributed by atoms with Crippen molar-refractivity contribution in [2.45, 2.75) is 26.2 Å². The SMILES string of the molecule is C=CC[C@@]1(C)CCc2cc(OC)ccc2C1=O. The Hall–Kier alpha value is -1.57. The first-order valence-corrected chi connectivity index (χ1v) is 5.93. The second-order valence-electron chi connectivity index (χ2n) is 4.91. The zero-order valence-corrected chi connectivity index (χ0v) is 10.5. The first-order valence-electron chi connectivity index (χ1n) is 5.93. The number of fused-ring (bicyclic) bond motifs is 1. The van der Waals surface area contributed by atoms with Crippen molar-refractivity contribution in [3.63, 3.8) is 0 Å². The number of ketones is 1. The maximum absolute atomic E-state index is 12.4. The van der Waals surface area contributed by atoms with Crippen molar-refractivity contribution in [2.24, 2.45) is 5.41 Å². The Bertz CT molecular complexity index is 462. The summed E-state index contributed by atoms with van der Waals surface area (Å²) in [6, 6.07) is 5.72. The molecule has 1 aliphatic rings. The summed E-state index contributed by atoms with van der Waals surface area (Å²) < 4.78 is 5.19. The van der Waals surface area contributed by atoms with Crippen LogP contribution in [-0.4, -0.2) is 12.9 Å². The largest absolute Gasteiger partial charge is 0.497 e. The zero-order valence-electron chi connectivity index (χ0n) is 10.5. The molecule has 0 aromatic heterocycles. The Balaban J connectivity index is 2.39. The fourth-order valence-corrected chi connectivity index (χ4v) is 2.49. The van der Waals surface area contributed by atoms with Crippen molar-refractivity contribution in [1.29, 1.82) is 0 Å². The lowest BCUT2D eigenvalue weighted by atomic mass is 9.70. The Labute approximate surface area is 102 Å². The van der Waals surface area contributed by atoms with Gasteiger partial charge in [0.05, 0.1) is 7.11 Å². The van der Waals surface area contributed by atoms with Crippen LogP contribution in [0.25, 0.3) is 0 Å². The molecule has 17 heavy (non-hydrogen) atoms. The molecule has 1 aromatic rings. The van der Waals surface area contributed by atoms with E-state index in [4.69, 9.17) is 4.74 Å². The number of carbonyl (C=O) groups is 1. The summed E-state index contributed by atoms with van der Waals surface area (Å²) in [6.07, 6.45) is 4.41. The normalized spacial score (nSPS) is 23.1. The van der Waals surface area contributed by atoms with Gasteiger partial charge in [-0.2, -0.15) is 0 Å². The van der Waals surface area contributed by atoms with Gasteiger partial charge >= 0.3 is 0 Å². The summed E-state index contributed by atoms with van der Waals surface area (Å²) in [7, 11) is 1.65. The molecule has 0 spiro atoms. The van der Waals surface area contributed by atoms with Crippen LogP contribution in [0, 0.1) is 5.41 Å². The smallest absolute Gasteiger partial charge is 0.169 e. The van der Waals surface area contributed by atoms with Crippen LogP contribution in [0.1, 0.15) is 35.7 Å². The van der Waals surface area contributed by atoms with Crippen molar-refractivity contribution in [3.8, 4) is 5.75 Å². The highest BCUT2D eigenvalue weighted by Gasteiger charge is 2.37. The summed E-state index contributed by atoms with van der Waals surface area (Å²) >= 11 is 0. The Morgan fingerprint density at radius 2 is 2.29 bits per heavy atom. The molecule has 2 rings (SSSR count). The van der Waals surface area contributed by atoms with Crippen molar-refractivity contribution >= 4 is 5.78 Å². The number of allylic oxidation sites excluding steroid dienone is 1. The lowest BCUT2D eigenvalue weighted by molar-refractivity contribution is 0.0788. The third-order valence-electron chi connectivity index (χ3n) is 3.65. The van der Waals surface area contributed by atoms with Crippen molar-refractivity contribution < 1.29 is 9.53 Å². The number of methoxy groups -OCH3 is 1. The summed E-state index contributed by atoms with van der Waals surface area (Å²) in [4.78, 5) is 12.4. The molecule has 0 heterocycles. The minimum absolute atomic E-state index is 0.237. The molecule has 0 N–H and O–H groups in total. The van der Waals surface area contributed by atoms with E-state index in [-0.39, 0.29) is 11.2 Å². The molecule has 2 nitrogen and oxygen atoms in total. The van der Waals surface area contributed by atoms with Crippen molar-refractivity contribution in [2.75, 3.05) is 7.11 Å². The summed E-state index contributed by atoms with van der Waals surface area (Å²) in [5, 5.41) is 0. The third-order valence-corrected chi connectivity index (χ3v) is 3.65. The van der Waals surface area contributed by atoms with E-state index in [1.54, 1.807) is 7.11 Å². The molecule has 0 aliphatic heterocycles. The molecule has 1 atom stereocenters. The van der Waals surface area contributed by atoms with Crippen LogP contribution in [0.15, 0.2) is 30.9 Å². The molecule has 1 aromatic carbocycles. The van der Waals surface area contributed by atoms with E-state index >= 15 is 0 Å². The predicted octanol–water partition coefficient (Wildman–Crippen LogP) is 3.41. The first-order chi connectivity index (χ1) is 8.10. The fraction of sp³-hybridized carbons (Fsp3) is 0.400. The van der Waals surface area contributed by atoms with E-state index in [1.807, 2.05) is 31.2 Å². The molecule has 0 saturated carbocycles. The molecule has 0 fully saturated rings. The first kappa shape index (κ1) is 11.9. The van der Waals surface area contributed by atoms with Gasteiger partial charge in [-0.25, -0.2) is 0 Å². The maximum atomic E-state index is 12.4. The Morgan fingerprint density at radius 3 is 2.94 bits per heavy atom. The van der Waals surface area contributed by atoms with Gasteiger partial charge in [-0.15, -0.1) is 6.58 Å². The number of rotatable bonds is 3. The number of benzene rings is 1. The second-order valence-corrected chi connectivity index (χ2v) is 4.91. The average molecular weight is 230 g/mol. The quantitative estimate of drug-likeness (QED) is 0.744. The molecule has 90 valence electrons. The van der Waals surface area contributed by atoms with E-state index < -0.39 is 0 Å². The van der Waals surface area contributed by atoms with Gasteiger partial charge in [-0.3, -0.25) is 4.79 Å². The molecule has 0 bridgehead atoms. The van der Waals surface area contributed by atoms with Gasteiger partial charge in [-0.1, -0.05) is 13.0 Å². The highest BCUT2D eigenvalue weighted by Crippen LogP contribution is 2.39. The van der Waals surface area contributed by atoms with Gasteiger partial charge in [0.2, 0.25) is 0 Å². The standard InChI is InChI=1S/C15H18O2/c1-4-8-15(2)9-7-11-10-12(17-3)5-6-13(11)14(15)16/h4-6,10H,1,7-9H2,2-3H3/t15-/m0/s1. The monoisotopic (exact) mass is 230 g/mol. The predicted molar refractivity (Wildman–Crippen MR) is 68.6 cm³/mol. The van der Waals surface area contributed by atoms with Crippen LogP contribution in [0.2, 0.25) is 0 Å². The second kappa shape index (κ2) is 4.36. The molecule has 0 unspecified atom stereocenters. The number of hydrogen-bond donors (Lipinski definition) is 0. The van der Waals surface area contributed by atoms with E-state index in [1.165, 1.54) is 0 Å². The molecular weight excluding hydrogens is 212 g/mol. The van der Waals surface area contributed by atoms with Crippen LogP contribution in [0.3, 0.4) is 0 Å². The number of ether oxygens (including phenoxy) is 1. The van der Waals surface area contributed by atoms with Crippen molar-refractivity contribution in [3.05, 3.63) is 42.0 Å². The minimum atomic E-state index is -0.274. The van der Waals surface area contributed by atoms with Crippen molar-refractivity contribution in [1.82, 2.24) is 0 Å². The van der Waals surface area contributed by atoms with Gasteiger partial charge < -0.3 is 4.74 Å². The minimum Gasteiger partial charge on any atom is -0.497 e. The van der Waals surface area contributed by atoms with Gasteiger partial charge in [0.25, 0.3) is 0 Å². The summed E-state index contributed by atoms with van der Waals surface area (Å²) in [6.45, 7) is 5.78. The van der Waals surface area contributed by atoms with Crippen LogP contribution in [-0.2, 0) is 6.42 Å². The van der Waals surface area contributed by atoms with E-state index in [9.17, 15) is 4.79 Å². The number of Topliss-reactive ketones (excluding diaryl/α,β-unsaturated/α-hetero) is 1. The van der Waals surface area contributed by atoms with E-state index in [0.29, 0.717) is 0 Å². The van der Waals surface area contributed by atoms with Crippen LogP contribution in [0.5, 0.6) is 5.75 Å². The third kappa shape index (κ3) is 1.99. The average Bonchev–Trinajstić information content (AvgIpc) is 2.34. The van der Waals surface area contributed by atoms with Crippen LogP contribution < -0.4 is 4.74 Å². The fourth-order valence-electron chi connectivity index (χ4n) is 2.49. The Kier molecular flexibility index (Phi) is 3.05. The molecule has 0 saturated heterocycles. The zero-order chi connectivity index (χ0) is 12.5. The lowest BCUT2D eigenvalue weighted by Crippen LogP contribution is -2.32. The highest BCUT2D eigenvalue weighted by atomic mass is 16.5. The van der Waals surface area contributed by atoms with Crippen LogP contribution >= 0.6 is 0 Å². The molecule has 2 heteroatoms. The van der Waals surface area contributed by atoms with Gasteiger partial charge in [-0.05, 0) is 43.0 Å². The number of hydrogen-bond acceptors (Lipinski definition) is 2. The molecule has 0 radical (unpaired) electrons. The molecule has 1 aliphatic carbocycles. The summed E-state index contributed by atoms with van der Waals surface area (Å²) in [5.41, 5.74) is 1.68. The summed E-state index contributed by atoms with van der Waals surface area (Å²) in [5.74, 6) is 1.06. The van der Waals surface area contributed by atoms with Gasteiger partial charge in [0.1, 0.15) is 5.75 Å². The van der Waals surface area contributed by atoms with Gasteiger partial charge in [0, 0.05) is 11.0 Å². The number of aryl methyl sites for hydroxylation is 1. The Morgan fingerprint density at radius 1 is 1.53 bits per heavy atom. The molecule has 0 amide bonds. The lowest BCUT2D eigenvalue weighted by Gasteiger charge is -2.32. The number of carbonyl (C=O) groups excluding carboxylic acids is 1. The topological polar surface area (TPSA) is 26.3 Å². The van der Waals surface area contributed by atoms with E-state index in [2.05, 4.69) is 6.58 Å². The maximum Gasteiger partial charge on any atom is 0.169 e. The van der Waals surface area contributed by atoms with Gasteiger partial charge in [0.15, 0.2) is 5.78 Å². The van der Waals surface area contributed by atoms with E-state index in [0.717, 1.165) is 36.1 Å². The van der Waals surface area contributed by atoms with Crippen LogP contribution in [0.4, 0.5) is 0 Å².